The highest BCUT2D eigenvalue weighted by molar-refractivity contribution is 7.92. The van der Waals surface area contributed by atoms with Crippen LogP contribution in [0.4, 0.5) is 23.1 Å². The van der Waals surface area contributed by atoms with Crippen molar-refractivity contribution in [2.24, 2.45) is 5.92 Å². The number of nitrogens with two attached hydrogens (primary N) is 1. The topological polar surface area (TPSA) is 132 Å². The van der Waals surface area contributed by atoms with Crippen molar-refractivity contribution in [2.75, 3.05) is 55.3 Å². The summed E-state index contributed by atoms with van der Waals surface area (Å²) in [7, 11) is -3.43. The van der Waals surface area contributed by atoms with Crippen LogP contribution in [0.3, 0.4) is 0 Å². The summed E-state index contributed by atoms with van der Waals surface area (Å²) in [5.74, 6) is 0.812. The summed E-state index contributed by atoms with van der Waals surface area (Å²) in [4.78, 5) is 15.7. The number of nitrogen functional groups attached to an aromatic ring is 1. The normalized spacial score (nSPS) is 19.7. The standard InChI is InChI=1S/C23H30N8O3S/c1-2-35(32,33)31-9-3-4-17(15-31)14-30-16-25-20-21(24)27-23(28-22(20)30)26-18-5-7-19(8-6-18)29-10-12-34-13-11-29/h2,5-8,16-17H,1,3-4,9-15H2,(H3,24,26,27,28). The van der Waals surface area contributed by atoms with Crippen molar-refractivity contribution in [3.05, 3.63) is 42.6 Å². The highest BCUT2D eigenvalue weighted by Crippen LogP contribution is 2.26. The van der Waals surface area contributed by atoms with Crippen LogP contribution in [0.25, 0.3) is 11.2 Å². The van der Waals surface area contributed by atoms with Crippen LogP contribution < -0.4 is 16.0 Å². The number of fused-ring (bicyclic) bond motifs is 1. The minimum absolute atomic E-state index is 0.135. The molecule has 3 aromatic rings. The van der Waals surface area contributed by atoms with Crippen LogP contribution >= 0.6 is 0 Å². The van der Waals surface area contributed by atoms with Gasteiger partial charge in [-0.15, -0.1) is 0 Å². The third kappa shape index (κ3) is 5.09. The maximum absolute atomic E-state index is 12.2. The first-order chi connectivity index (χ1) is 16.9. The monoisotopic (exact) mass is 498 g/mol. The number of ether oxygens (including phenoxy) is 1. The fraction of sp³-hybridized carbons (Fsp3) is 0.435. The summed E-state index contributed by atoms with van der Waals surface area (Å²) >= 11 is 0. The Kier molecular flexibility index (Phi) is 6.58. The number of piperidine rings is 1. The highest BCUT2D eigenvalue weighted by atomic mass is 32.2. The summed E-state index contributed by atoms with van der Waals surface area (Å²) in [5.41, 5.74) is 9.34. The number of benzene rings is 1. The van der Waals surface area contributed by atoms with E-state index in [4.69, 9.17) is 10.5 Å². The number of anilines is 4. The van der Waals surface area contributed by atoms with E-state index in [2.05, 4.69) is 43.9 Å². The maximum atomic E-state index is 12.2. The summed E-state index contributed by atoms with van der Waals surface area (Å²) in [6.45, 7) is 8.23. The Morgan fingerprint density at radius 1 is 1.17 bits per heavy atom. The Hall–Kier alpha value is -3.22. The molecule has 186 valence electrons. The lowest BCUT2D eigenvalue weighted by Crippen LogP contribution is -2.40. The van der Waals surface area contributed by atoms with Crippen molar-refractivity contribution >= 4 is 44.3 Å². The van der Waals surface area contributed by atoms with E-state index in [0.717, 1.165) is 55.9 Å². The molecule has 2 aromatic heterocycles. The fourth-order valence-electron chi connectivity index (χ4n) is 4.65. The van der Waals surface area contributed by atoms with Crippen LogP contribution in [-0.2, 0) is 21.3 Å². The van der Waals surface area contributed by atoms with Crippen LogP contribution in [0.1, 0.15) is 12.8 Å². The van der Waals surface area contributed by atoms with Crippen LogP contribution in [0.2, 0.25) is 0 Å². The molecule has 2 aliphatic rings. The molecular formula is C23H30N8O3S. The van der Waals surface area contributed by atoms with Gasteiger partial charge in [-0.05, 0) is 43.0 Å². The lowest BCUT2D eigenvalue weighted by molar-refractivity contribution is 0.122. The molecule has 1 aromatic carbocycles. The molecular weight excluding hydrogens is 468 g/mol. The average molecular weight is 499 g/mol. The molecule has 5 rings (SSSR count). The van der Waals surface area contributed by atoms with Gasteiger partial charge in [0.1, 0.15) is 5.52 Å². The predicted octanol–water partition coefficient (Wildman–Crippen LogP) is 2.17. The van der Waals surface area contributed by atoms with Gasteiger partial charge in [-0.25, -0.2) is 13.4 Å². The van der Waals surface area contributed by atoms with Gasteiger partial charge in [0.2, 0.25) is 16.0 Å². The van der Waals surface area contributed by atoms with Gasteiger partial charge < -0.3 is 25.3 Å². The lowest BCUT2D eigenvalue weighted by atomic mass is 10.00. The Labute approximate surface area is 204 Å². The first-order valence-corrected chi connectivity index (χ1v) is 13.2. The smallest absolute Gasteiger partial charge is 0.235 e. The molecule has 11 nitrogen and oxygen atoms in total. The molecule has 2 fully saturated rings. The fourth-order valence-corrected chi connectivity index (χ4v) is 5.67. The number of nitrogens with zero attached hydrogens (tertiary/aromatic N) is 6. The second-order valence-corrected chi connectivity index (χ2v) is 10.7. The van der Waals surface area contributed by atoms with Crippen molar-refractivity contribution in [3.63, 3.8) is 0 Å². The third-order valence-electron chi connectivity index (χ3n) is 6.50. The molecule has 4 heterocycles. The molecule has 1 atom stereocenters. The second kappa shape index (κ2) is 9.80. The lowest BCUT2D eigenvalue weighted by Gasteiger charge is -2.31. The summed E-state index contributed by atoms with van der Waals surface area (Å²) in [5, 5.41) is 4.25. The molecule has 3 N–H and O–H groups in total. The van der Waals surface area contributed by atoms with Gasteiger partial charge in [0.15, 0.2) is 11.5 Å². The number of rotatable bonds is 7. The number of sulfonamides is 1. The quantitative estimate of drug-likeness (QED) is 0.503. The zero-order valence-electron chi connectivity index (χ0n) is 19.5. The van der Waals surface area contributed by atoms with Crippen molar-refractivity contribution in [3.8, 4) is 0 Å². The molecule has 2 saturated heterocycles. The number of hydrogen-bond donors (Lipinski definition) is 2. The van der Waals surface area contributed by atoms with Crippen molar-refractivity contribution in [1.29, 1.82) is 0 Å². The molecule has 0 bridgehead atoms. The van der Waals surface area contributed by atoms with E-state index in [1.807, 2.05) is 16.7 Å². The molecule has 0 radical (unpaired) electrons. The van der Waals surface area contributed by atoms with E-state index < -0.39 is 10.0 Å². The number of morpholine rings is 1. The molecule has 0 spiro atoms. The minimum Gasteiger partial charge on any atom is -0.382 e. The predicted molar refractivity (Wildman–Crippen MR) is 136 cm³/mol. The molecule has 1 unspecified atom stereocenters. The zero-order valence-corrected chi connectivity index (χ0v) is 20.3. The van der Waals surface area contributed by atoms with E-state index in [1.165, 1.54) is 4.31 Å². The van der Waals surface area contributed by atoms with E-state index in [1.54, 1.807) is 6.33 Å². The van der Waals surface area contributed by atoms with Gasteiger partial charge in [-0.2, -0.15) is 14.3 Å². The Balaban J connectivity index is 1.32. The van der Waals surface area contributed by atoms with Gasteiger partial charge in [0.05, 0.1) is 19.5 Å². The highest BCUT2D eigenvalue weighted by Gasteiger charge is 2.27. The van der Waals surface area contributed by atoms with Gasteiger partial charge >= 0.3 is 0 Å². The van der Waals surface area contributed by atoms with E-state index in [9.17, 15) is 8.42 Å². The molecule has 2 aliphatic heterocycles. The van der Waals surface area contributed by atoms with Gasteiger partial charge in [0, 0.05) is 49.5 Å². The Bertz CT molecular complexity index is 1300. The van der Waals surface area contributed by atoms with Crippen LogP contribution in [0.15, 0.2) is 42.6 Å². The first-order valence-electron chi connectivity index (χ1n) is 11.7. The molecule has 0 amide bonds. The number of nitrogens with one attached hydrogen (secondary N) is 1. The Morgan fingerprint density at radius 3 is 2.69 bits per heavy atom. The Morgan fingerprint density at radius 2 is 1.94 bits per heavy atom. The van der Waals surface area contributed by atoms with Gasteiger partial charge in [-0.1, -0.05) is 6.58 Å². The van der Waals surface area contributed by atoms with E-state index in [0.29, 0.717) is 42.6 Å². The summed E-state index contributed by atoms with van der Waals surface area (Å²) < 4.78 is 33.3. The molecule has 0 saturated carbocycles. The number of hydrogen-bond acceptors (Lipinski definition) is 9. The summed E-state index contributed by atoms with van der Waals surface area (Å²) in [6, 6.07) is 8.10. The van der Waals surface area contributed by atoms with Gasteiger partial charge in [0.25, 0.3) is 0 Å². The van der Waals surface area contributed by atoms with Gasteiger partial charge in [-0.3, -0.25) is 0 Å². The van der Waals surface area contributed by atoms with Crippen LogP contribution in [0, 0.1) is 5.92 Å². The zero-order chi connectivity index (χ0) is 24.4. The van der Waals surface area contributed by atoms with E-state index in [-0.39, 0.29) is 5.92 Å². The molecule has 12 heteroatoms. The SMILES string of the molecule is C=CS(=O)(=O)N1CCCC(Cn2cnc3c(N)nc(Nc4ccc(N5CCOCC5)cc4)nc32)C1. The molecule has 35 heavy (non-hydrogen) atoms. The number of imidazole rings is 1. The van der Waals surface area contributed by atoms with Crippen LogP contribution in [0.5, 0.6) is 0 Å². The van der Waals surface area contributed by atoms with Crippen molar-refractivity contribution in [2.45, 2.75) is 19.4 Å². The summed E-state index contributed by atoms with van der Waals surface area (Å²) in [6.07, 6.45) is 3.41. The van der Waals surface area contributed by atoms with E-state index >= 15 is 0 Å². The first kappa shape index (κ1) is 23.5. The van der Waals surface area contributed by atoms with Crippen molar-refractivity contribution in [1.82, 2.24) is 23.8 Å². The van der Waals surface area contributed by atoms with Crippen LogP contribution in [-0.4, -0.2) is 71.6 Å². The average Bonchev–Trinajstić information content (AvgIpc) is 3.28. The minimum atomic E-state index is -3.43. The third-order valence-corrected chi connectivity index (χ3v) is 7.97. The number of aromatic nitrogens is 4. The van der Waals surface area contributed by atoms with Crippen molar-refractivity contribution < 1.29 is 13.2 Å². The maximum Gasteiger partial charge on any atom is 0.235 e. The second-order valence-electron chi connectivity index (χ2n) is 8.85. The largest absolute Gasteiger partial charge is 0.382 e. The molecule has 0 aliphatic carbocycles.